The van der Waals surface area contributed by atoms with Gasteiger partial charge in [-0.05, 0) is 31.7 Å². The Bertz CT molecular complexity index is 815. The van der Waals surface area contributed by atoms with Crippen molar-refractivity contribution in [3.05, 3.63) is 35.9 Å². The highest BCUT2D eigenvalue weighted by Crippen LogP contribution is 2.36. The fraction of sp³-hybridized carbons (Fsp3) is 0.500. The summed E-state index contributed by atoms with van der Waals surface area (Å²) >= 11 is 0. The summed E-state index contributed by atoms with van der Waals surface area (Å²) in [5.74, 6) is 0.411. The van der Waals surface area contributed by atoms with Gasteiger partial charge in [0.25, 0.3) is 5.91 Å². The maximum Gasteiger partial charge on any atom is 0.254 e. The molecule has 3 heterocycles. The number of piperidine rings is 1. The van der Waals surface area contributed by atoms with Gasteiger partial charge in [0.05, 0.1) is 29.9 Å². The van der Waals surface area contributed by atoms with Crippen molar-refractivity contribution in [3.63, 3.8) is 0 Å². The molecule has 1 aromatic carbocycles. The molecule has 2 aliphatic heterocycles. The summed E-state index contributed by atoms with van der Waals surface area (Å²) in [6.07, 6.45) is 2.57. The summed E-state index contributed by atoms with van der Waals surface area (Å²) in [7, 11) is 1.55. The zero-order chi connectivity index (χ0) is 18.1. The zero-order valence-corrected chi connectivity index (χ0v) is 15.0. The molecule has 1 aromatic heterocycles. The van der Waals surface area contributed by atoms with E-state index < -0.39 is 11.7 Å². The van der Waals surface area contributed by atoms with Crippen LogP contribution in [0.1, 0.15) is 36.0 Å². The molecule has 6 heteroatoms. The first-order valence-corrected chi connectivity index (χ1v) is 9.18. The lowest BCUT2D eigenvalue weighted by Gasteiger charge is -2.46. The van der Waals surface area contributed by atoms with E-state index in [0.29, 0.717) is 44.0 Å². The highest BCUT2D eigenvalue weighted by Gasteiger charge is 2.44. The van der Waals surface area contributed by atoms with Crippen molar-refractivity contribution in [2.24, 2.45) is 0 Å². The van der Waals surface area contributed by atoms with Gasteiger partial charge in [0.2, 0.25) is 5.88 Å². The first-order valence-electron chi connectivity index (χ1n) is 9.18. The Morgan fingerprint density at radius 2 is 2.12 bits per heavy atom. The molecule has 1 spiro atoms. The van der Waals surface area contributed by atoms with E-state index >= 15 is 0 Å². The van der Waals surface area contributed by atoms with Crippen LogP contribution in [0.4, 0.5) is 0 Å². The first-order chi connectivity index (χ1) is 12.6. The summed E-state index contributed by atoms with van der Waals surface area (Å²) in [5.41, 5.74) is 0.871. The molecule has 1 amide bonds. The number of carbonyl (C=O) groups is 1. The van der Waals surface area contributed by atoms with Gasteiger partial charge < -0.3 is 19.5 Å². The molecule has 6 nitrogen and oxygen atoms in total. The number of nitrogens with zero attached hydrogens (tertiary/aromatic N) is 2. The molecule has 1 unspecified atom stereocenters. The van der Waals surface area contributed by atoms with Crippen LogP contribution in [0.3, 0.4) is 0 Å². The second-order valence-electron chi connectivity index (χ2n) is 7.09. The minimum absolute atomic E-state index is 0.0259. The third-order valence-corrected chi connectivity index (χ3v) is 5.65. The number of ether oxygens (including phenoxy) is 2. The van der Waals surface area contributed by atoms with Crippen LogP contribution < -0.4 is 4.74 Å². The quantitative estimate of drug-likeness (QED) is 0.895. The van der Waals surface area contributed by atoms with Gasteiger partial charge in [-0.1, -0.05) is 18.2 Å². The van der Waals surface area contributed by atoms with Gasteiger partial charge in [-0.2, -0.15) is 0 Å². The lowest BCUT2D eigenvalue weighted by atomic mass is 9.82. The topological polar surface area (TPSA) is 71.9 Å². The number of hydrogen-bond donors (Lipinski definition) is 1. The van der Waals surface area contributed by atoms with Crippen molar-refractivity contribution in [1.82, 2.24) is 9.88 Å². The molecule has 26 heavy (non-hydrogen) atoms. The number of aliphatic hydroxyl groups is 1. The zero-order valence-electron chi connectivity index (χ0n) is 15.0. The second-order valence-corrected chi connectivity index (χ2v) is 7.09. The molecule has 0 saturated carbocycles. The van der Waals surface area contributed by atoms with Gasteiger partial charge in [-0.25, -0.2) is 4.98 Å². The minimum atomic E-state index is -0.479. The maximum atomic E-state index is 13.2. The monoisotopic (exact) mass is 356 g/mol. The van der Waals surface area contributed by atoms with Crippen molar-refractivity contribution >= 4 is 16.8 Å². The average molecular weight is 356 g/mol. The number of aromatic nitrogens is 1. The van der Waals surface area contributed by atoms with E-state index in [1.165, 1.54) is 0 Å². The van der Waals surface area contributed by atoms with Crippen LogP contribution in [0, 0.1) is 0 Å². The van der Waals surface area contributed by atoms with Crippen molar-refractivity contribution in [1.29, 1.82) is 0 Å². The molecular weight excluding hydrogens is 332 g/mol. The number of rotatable bonds is 2. The van der Waals surface area contributed by atoms with Gasteiger partial charge in [-0.3, -0.25) is 4.79 Å². The Balaban J connectivity index is 1.58. The maximum absolute atomic E-state index is 13.2. The van der Waals surface area contributed by atoms with Gasteiger partial charge in [-0.15, -0.1) is 0 Å². The summed E-state index contributed by atoms with van der Waals surface area (Å²) in [6, 6.07) is 9.31. The second kappa shape index (κ2) is 6.85. The number of pyridine rings is 1. The van der Waals surface area contributed by atoms with Crippen molar-refractivity contribution in [3.8, 4) is 5.88 Å². The van der Waals surface area contributed by atoms with Gasteiger partial charge in [0.1, 0.15) is 0 Å². The molecule has 2 aromatic rings. The molecule has 138 valence electrons. The molecule has 2 saturated heterocycles. The van der Waals surface area contributed by atoms with Crippen LogP contribution in [0.5, 0.6) is 5.88 Å². The Labute approximate surface area is 152 Å². The third-order valence-electron chi connectivity index (χ3n) is 5.65. The van der Waals surface area contributed by atoms with Crippen molar-refractivity contribution in [2.75, 3.05) is 26.8 Å². The average Bonchev–Trinajstić information content (AvgIpc) is 2.69. The molecule has 0 radical (unpaired) electrons. The van der Waals surface area contributed by atoms with Crippen LogP contribution in [0.25, 0.3) is 10.9 Å². The normalized spacial score (nSPS) is 22.5. The number of carbonyl (C=O) groups excluding carboxylic acids is 1. The Morgan fingerprint density at radius 3 is 2.85 bits per heavy atom. The number of fused-ring (bicyclic) bond motifs is 1. The molecule has 2 aliphatic rings. The molecule has 2 fully saturated rings. The Morgan fingerprint density at radius 1 is 1.35 bits per heavy atom. The summed E-state index contributed by atoms with van der Waals surface area (Å²) in [6.45, 7) is 1.85. The summed E-state index contributed by atoms with van der Waals surface area (Å²) < 4.78 is 11.2. The van der Waals surface area contributed by atoms with Crippen LogP contribution in [-0.4, -0.2) is 59.4 Å². The van der Waals surface area contributed by atoms with Gasteiger partial charge in [0, 0.05) is 31.1 Å². The number of aliphatic hydroxyl groups excluding tert-OH is 1. The van der Waals surface area contributed by atoms with Crippen LogP contribution in [-0.2, 0) is 4.74 Å². The molecule has 1 N–H and O–H groups in total. The first kappa shape index (κ1) is 17.2. The highest BCUT2D eigenvalue weighted by atomic mass is 16.5. The van der Waals surface area contributed by atoms with Gasteiger partial charge in [0.15, 0.2) is 0 Å². The molecule has 1 atom stereocenters. The highest BCUT2D eigenvalue weighted by molar-refractivity contribution is 6.06. The van der Waals surface area contributed by atoms with E-state index in [-0.39, 0.29) is 5.91 Å². The SMILES string of the molecule is COc1cc(C(=O)N2CCC3(CC2)OCCCC3O)c2ccccc2n1. The predicted molar refractivity (Wildman–Crippen MR) is 97.4 cm³/mol. The molecule has 0 bridgehead atoms. The van der Waals surface area contributed by atoms with Crippen molar-refractivity contribution in [2.45, 2.75) is 37.4 Å². The van der Waals surface area contributed by atoms with Crippen LogP contribution >= 0.6 is 0 Å². The fourth-order valence-electron chi connectivity index (χ4n) is 4.08. The van der Waals surface area contributed by atoms with Crippen LogP contribution in [0.2, 0.25) is 0 Å². The lowest BCUT2D eigenvalue weighted by molar-refractivity contribution is -0.174. The molecular formula is C20H24N2O4. The third kappa shape index (κ3) is 2.93. The van der Waals surface area contributed by atoms with E-state index in [2.05, 4.69) is 4.98 Å². The smallest absolute Gasteiger partial charge is 0.254 e. The number of likely N-dealkylation sites (tertiary alicyclic amines) is 1. The van der Waals surface area contributed by atoms with E-state index in [0.717, 1.165) is 23.7 Å². The van der Waals surface area contributed by atoms with E-state index in [9.17, 15) is 9.90 Å². The van der Waals surface area contributed by atoms with Crippen LogP contribution in [0.15, 0.2) is 30.3 Å². The van der Waals surface area contributed by atoms with Gasteiger partial charge >= 0.3 is 0 Å². The predicted octanol–water partition coefficient (Wildman–Crippen LogP) is 2.39. The molecule has 0 aliphatic carbocycles. The summed E-state index contributed by atoms with van der Waals surface area (Å²) in [5, 5.41) is 11.2. The van der Waals surface area contributed by atoms with E-state index in [4.69, 9.17) is 9.47 Å². The fourth-order valence-corrected chi connectivity index (χ4v) is 4.08. The number of benzene rings is 1. The van der Waals surface area contributed by atoms with E-state index in [1.54, 1.807) is 13.2 Å². The number of amides is 1. The minimum Gasteiger partial charge on any atom is -0.481 e. The van der Waals surface area contributed by atoms with Crippen molar-refractivity contribution < 1.29 is 19.4 Å². The molecule has 4 rings (SSSR count). The Hall–Kier alpha value is -2.18. The largest absolute Gasteiger partial charge is 0.481 e. The number of para-hydroxylation sites is 1. The summed E-state index contributed by atoms with van der Waals surface area (Å²) in [4.78, 5) is 19.4. The standard InChI is InChI=1S/C20H24N2O4/c1-25-18-13-15(14-5-2-3-6-16(14)21-18)19(24)22-10-8-20(9-11-22)17(23)7-4-12-26-20/h2-3,5-6,13,17,23H,4,7-12H2,1H3. The number of hydrogen-bond acceptors (Lipinski definition) is 5. The van der Waals surface area contributed by atoms with E-state index in [1.807, 2.05) is 29.2 Å². The lowest BCUT2D eigenvalue weighted by Crippen LogP contribution is -2.56. The Kier molecular flexibility index (Phi) is 4.54. The number of methoxy groups -OCH3 is 1.